The Kier molecular flexibility index (Phi) is 8.00. The van der Waals surface area contributed by atoms with E-state index in [4.69, 9.17) is 25.8 Å². The van der Waals surface area contributed by atoms with Crippen LogP contribution in [0, 0.1) is 0 Å². The van der Waals surface area contributed by atoms with E-state index in [1.165, 1.54) is 4.73 Å². The van der Waals surface area contributed by atoms with Crippen LogP contribution in [0.2, 0.25) is 5.02 Å². The first-order valence-corrected chi connectivity index (χ1v) is 12.8. The van der Waals surface area contributed by atoms with Crippen LogP contribution in [0.15, 0.2) is 35.1 Å². The lowest BCUT2D eigenvalue weighted by atomic mass is 9.74. The molecule has 0 amide bonds. The number of rotatable bonds is 9. The second-order valence-electron chi connectivity index (χ2n) is 9.27. The summed E-state index contributed by atoms with van der Waals surface area (Å²) in [6.45, 7) is 7.06. The van der Waals surface area contributed by atoms with E-state index in [2.05, 4.69) is 18.7 Å². The van der Waals surface area contributed by atoms with Crippen LogP contribution in [0.3, 0.4) is 0 Å². The smallest absolute Gasteiger partial charge is 0.203 e. The van der Waals surface area contributed by atoms with E-state index in [0.717, 1.165) is 38.0 Å². The van der Waals surface area contributed by atoms with Crippen molar-refractivity contribution < 1.29 is 19.4 Å². The Balaban J connectivity index is 1.86. The van der Waals surface area contributed by atoms with E-state index >= 15 is 0 Å². The van der Waals surface area contributed by atoms with Gasteiger partial charge in [-0.3, -0.25) is 4.79 Å². The van der Waals surface area contributed by atoms with Crippen LogP contribution in [0.4, 0.5) is 0 Å². The van der Waals surface area contributed by atoms with Crippen molar-refractivity contribution in [2.24, 2.45) is 0 Å². The molecule has 1 aromatic heterocycles. The molecule has 1 heterocycles. The number of ether oxygens (including phenoxy) is 3. The Morgan fingerprint density at radius 2 is 1.72 bits per heavy atom. The van der Waals surface area contributed by atoms with Gasteiger partial charge in [0, 0.05) is 10.6 Å². The maximum absolute atomic E-state index is 13.7. The van der Waals surface area contributed by atoms with Crippen molar-refractivity contribution in [1.29, 1.82) is 0 Å². The maximum atomic E-state index is 13.7. The first-order chi connectivity index (χ1) is 17.4. The molecule has 1 aliphatic rings. The molecule has 1 N–H and O–H groups in total. The molecule has 0 radical (unpaired) electrons. The molecule has 0 fully saturated rings. The van der Waals surface area contributed by atoms with Gasteiger partial charge in [0.25, 0.3) is 0 Å². The standard InChI is InChI=1S/C28H35ClN2O5/c1-6-30(7-2)11-10-17-12-18(19-14-24(34-3)28(36-5)25(15-19)35-4)13-23-26(17)27(32)21-16-20(29)8-9-22(21)31(23)33/h8-9,14-18,33H,6-7,10-13H2,1-5H3. The number of benzene rings is 2. The third-order valence-electron chi connectivity index (χ3n) is 7.51. The molecular formula is C28H35ClN2O5. The molecule has 7 nitrogen and oxygen atoms in total. The second-order valence-corrected chi connectivity index (χ2v) is 9.71. The number of hydrogen-bond donors (Lipinski definition) is 1. The average Bonchev–Trinajstić information content (AvgIpc) is 2.90. The van der Waals surface area contributed by atoms with E-state index in [-0.39, 0.29) is 17.3 Å². The lowest BCUT2D eigenvalue weighted by Gasteiger charge is -2.34. The Morgan fingerprint density at radius 1 is 1.06 bits per heavy atom. The fourth-order valence-electron chi connectivity index (χ4n) is 5.54. The normalized spacial score (nSPS) is 17.3. The quantitative estimate of drug-likeness (QED) is 0.382. The van der Waals surface area contributed by atoms with E-state index < -0.39 is 0 Å². The van der Waals surface area contributed by atoms with E-state index in [1.54, 1.807) is 39.5 Å². The topological polar surface area (TPSA) is 73.2 Å². The Hall–Kier alpha value is -2.90. The number of nitrogens with zero attached hydrogens (tertiary/aromatic N) is 2. The molecule has 36 heavy (non-hydrogen) atoms. The summed E-state index contributed by atoms with van der Waals surface area (Å²) in [6, 6.07) is 8.99. The summed E-state index contributed by atoms with van der Waals surface area (Å²) in [7, 11) is 4.79. The zero-order valence-corrected chi connectivity index (χ0v) is 22.4. The summed E-state index contributed by atoms with van der Waals surface area (Å²) in [5.41, 5.74) is 2.80. The predicted octanol–water partition coefficient (Wildman–Crippen LogP) is 5.46. The zero-order valence-electron chi connectivity index (χ0n) is 21.6. The highest BCUT2D eigenvalue weighted by molar-refractivity contribution is 6.31. The SMILES string of the molecule is CCN(CC)CCC1CC(c2cc(OC)c(OC)c(OC)c2)Cc2c1c(=O)c1cc(Cl)ccc1n2O. The maximum Gasteiger partial charge on any atom is 0.203 e. The van der Waals surface area contributed by atoms with Gasteiger partial charge in [0.2, 0.25) is 5.75 Å². The number of pyridine rings is 1. The van der Waals surface area contributed by atoms with Crippen LogP contribution in [-0.2, 0) is 6.42 Å². The Morgan fingerprint density at radius 3 is 2.31 bits per heavy atom. The molecule has 2 atom stereocenters. The molecule has 0 saturated carbocycles. The Labute approximate surface area is 217 Å². The molecule has 3 aromatic rings. The van der Waals surface area contributed by atoms with Crippen LogP contribution in [0.1, 0.15) is 55.3 Å². The number of halogens is 1. The van der Waals surface area contributed by atoms with Gasteiger partial charge in [0.05, 0.1) is 37.9 Å². The lowest BCUT2D eigenvalue weighted by molar-refractivity contribution is 0.180. The van der Waals surface area contributed by atoms with Gasteiger partial charge < -0.3 is 24.3 Å². The fraction of sp³-hybridized carbons (Fsp3) is 0.464. The monoisotopic (exact) mass is 514 g/mol. The van der Waals surface area contributed by atoms with Gasteiger partial charge in [-0.25, -0.2) is 0 Å². The number of methoxy groups -OCH3 is 3. The highest BCUT2D eigenvalue weighted by Gasteiger charge is 2.34. The van der Waals surface area contributed by atoms with Crippen molar-refractivity contribution >= 4 is 22.5 Å². The van der Waals surface area contributed by atoms with Crippen molar-refractivity contribution in [3.8, 4) is 17.2 Å². The minimum absolute atomic E-state index is 0.0206. The molecule has 2 unspecified atom stereocenters. The summed E-state index contributed by atoms with van der Waals surface area (Å²) in [5.74, 6) is 1.75. The van der Waals surface area contributed by atoms with Gasteiger partial charge in [0.1, 0.15) is 0 Å². The number of fused-ring (bicyclic) bond motifs is 2. The van der Waals surface area contributed by atoms with E-state index in [1.807, 2.05) is 12.1 Å². The van der Waals surface area contributed by atoms with Gasteiger partial charge >= 0.3 is 0 Å². The van der Waals surface area contributed by atoms with Crippen LogP contribution < -0.4 is 19.6 Å². The zero-order chi connectivity index (χ0) is 26.0. The van der Waals surface area contributed by atoms with Gasteiger partial charge in [0.15, 0.2) is 16.9 Å². The number of hydrogen-bond acceptors (Lipinski definition) is 6. The van der Waals surface area contributed by atoms with Crippen LogP contribution >= 0.6 is 11.6 Å². The van der Waals surface area contributed by atoms with Crippen LogP contribution in [-0.4, -0.2) is 55.8 Å². The summed E-state index contributed by atoms with van der Waals surface area (Å²) in [4.78, 5) is 16.1. The molecule has 0 aliphatic heterocycles. The lowest BCUT2D eigenvalue weighted by Crippen LogP contribution is -2.32. The average molecular weight is 515 g/mol. The van der Waals surface area contributed by atoms with Crippen LogP contribution in [0.5, 0.6) is 17.2 Å². The molecule has 0 spiro atoms. The summed E-state index contributed by atoms with van der Waals surface area (Å²) in [5, 5.41) is 12.2. The van der Waals surface area contributed by atoms with Gasteiger partial charge in [-0.05, 0) is 86.6 Å². The van der Waals surface area contributed by atoms with Crippen molar-refractivity contribution in [3.63, 3.8) is 0 Å². The molecule has 2 aromatic carbocycles. The van der Waals surface area contributed by atoms with Gasteiger partial charge in [-0.15, -0.1) is 0 Å². The third kappa shape index (κ3) is 4.74. The van der Waals surface area contributed by atoms with Crippen molar-refractivity contribution in [1.82, 2.24) is 9.63 Å². The van der Waals surface area contributed by atoms with Crippen LogP contribution in [0.25, 0.3) is 10.9 Å². The largest absolute Gasteiger partial charge is 0.493 e. The fourth-order valence-corrected chi connectivity index (χ4v) is 5.71. The molecule has 0 saturated heterocycles. The first kappa shape index (κ1) is 26.2. The predicted molar refractivity (Wildman–Crippen MR) is 143 cm³/mol. The van der Waals surface area contributed by atoms with Crippen molar-refractivity contribution in [3.05, 3.63) is 62.4 Å². The first-order valence-electron chi connectivity index (χ1n) is 12.4. The highest BCUT2D eigenvalue weighted by atomic mass is 35.5. The van der Waals surface area contributed by atoms with E-state index in [9.17, 15) is 10.0 Å². The Bertz CT molecular complexity index is 1280. The summed E-state index contributed by atoms with van der Waals surface area (Å²) in [6.07, 6.45) is 2.10. The molecule has 194 valence electrons. The molecule has 0 bridgehead atoms. The minimum Gasteiger partial charge on any atom is -0.493 e. The summed E-state index contributed by atoms with van der Waals surface area (Å²) < 4.78 is 17.9. The van der Waals surface area contributed by atoms with Gasteiger partial charge in [-0.2, -0.15) is 4.73 Å². The van der Waals surface area contributed by atoms with Gasteiger partial charge in [-0.1, -0.05) is 25.4 Å². The van der Waals surface area contributed by atoms with Crippen molar-refractivity contribution in [2.75, 3.05) is 41.0 Å². The number of aromatic nitrogens is 1. The molecular weight excluding hydrogens is 480 g/mol. The highest BCUT2D eigenvalue weighted by Crippen LogP contribution is 2.46. The molecule has 4 rings (SSSR count). The van der Waals surface area contributed by atoms with Crippen molar-refractivity contribution in [2.45, 2.75) is 44.9 Å². The van der Waals surface area contributed by atoms with E-state index in [0.29, 0.717) is 50.9 Å². The summed E-state index contributed by atoms with van der Waals surface area (Å²) >= 11 is 6.22. The molecule has 8 heteroatoms. The second kappa shape index (κ2) is 11.0. The third-order valence-corrected chi connectivity index (χ3v) is 7.74. The molecule has 1 aliphatic carbocycles. The minimum atomic E-state index is -0.0410.